The van der Waals surface area contributed by atoms with E-state index in [-0.39, 0.29) is 5.91 Å². The topological polar surface area (TPSA) is 73.7 Å². The molecule has 8 heteroatoms. The molecule has 0 bridgehead atoms. The van der Waals surface area contributed by atoms with Crippen LogP contribution < -0.4 is 0 Å². The van der Waals surface area contributed by atoms with Crippen LogP contribution in [0.4, 0.5) is 4.79 Å². The molecule has 4 heterocycles. The van der Waals surface area contributed by atoms with Crippen molar-refractivity contribution >= 4 is 27.9 Å². The van der Waals surface area contributed by atoms with Crippen LogP contribution in [-0.2, 0) is 22.4 Å². The number of hydrogen-bond donors (Lipinski definition) is 0. The average molecular weight is 490 g/mol. The molecule has 0 N–H and O–H groups in total. The SMILES string of the molecule is CC(C)(C)OC(=O)N1CCc2c(c(Br)c(-c3ccncc3)n2CC2CCOCC2)C1=O. The second kappa shape index (κ2) is 8.74. The van der Waals surface area contributed by atoms with Gasteiger partial charge >= 0.3 is 6.09 Å². The summed E-state index contributed by atoms with van der Waals surface area (Å²) in [5.41, 5.74) is 2.80. The normalized spacial score (nSPS) is 17.5. The average Bonchev–Trinajstić information content (AvgIpc) is 3.00. The number of rotatable bonds is 3. The van der Waals surface area contributed by atoms with Gasteiger partial charge in [0.25, 0.3) is 5.91 Å². The van der Waals surface area contributed by atoms with Gasteiger partial charge in [-0.3, -0.25) is 9.78 Å². The fourth-order valence-electron chi connectivity index (χ4n) is 4.24. The van der Waals surface area contributed by atoms with Crippen molar-refractivity contribution in [3.05, 3.63) is 40.3 Å². The van der Waals surface area contributed by atoms with Crippen molar-refractivity contribution in [1.82, 2.24) is 14.5 Å². The number of carbonyl (C=O) groups is 2. The van der Waals surface area contributed by atoms with E-state index in [0.29, 0.717) is 24.4 Å². The van der Waals surface area contributed by atoms with Gasteiger partial charge in [0.2, 0.25) is 0 Å². The van der Waals surface area contributed by atoms with Crippen LogP contribution in [0, 0.1) is 5.92 Å². The quantitative estimate of drug-likeness (QED) is 0.625. The van der Waals surface area contributed by atoms with Crippen LogP contribution in [0.3, 0.4) is 0 Å². The van der Waals surface area contributed by atoms with E-state index in [1.807, 2.05) is 12.1 Å². The van der Waals surface area contributed by atoms with Gasteiger partial charge in [-0.25, -0.2) is 9.69 Å². The molecule has 0 aromatic carbocycles. The molecule has 166 valence electrons. The van der Waals surface area contributed by atoms with Crippen molar-refractivity contribution in [2.24, 2.45) is 5.92 Å². The summed E-state index contributed by atoms with van der Waals surface area (Å²) in [6.45, 7) is 8.05. The van der Waals surface area contributed by atoms with Crippen LogP contribution in [0.5, 0.6) is 0 Å². The highest BCUT2D eigenvalue weighted by molar-refractivity contribution is 9.10. The summed E-state index contributed by atoms with van der Waals surface area (Å²) in [5, 5.41) is 0. The van der Waals surface area contributed by atoms with Crippen molar-refractivity contribution < 1.29 is 19.1 Å². The van der Waals surface area contributed by atoms with E-state index in [1.54, 1.807) is 33.2 Å². The minimum absolute atomic E-state index is 0.306. The molecule has 0 radical (unpaired) electrons. The third kappa shape index (κ3) is 4.55. The highest BCUT2D eigenvalue weighted by Crippen LogP contribution is 2.40. The van der Waals surface area contributed by atoms with E-state index in [0.717, 1.165) is 54.0 Å². The number of ether oxygens (including phenoxy) is 2. The summed E-state index contributed by atoms with van der Waals surface area (Å²) in [6, 6.07) is 3.89. The molecule has 2 aromatic rings. The van der Waals surface area contributed by atoms with Gasteiger partial charge < -0.3 is 14.0 Å². The molecule has 4 rings (SSSR count). The fraction of sp³-hybridized carbons (Fsp3) is 0.522. The van der Waals surface area contributed by atoms with Gasteiger partial charge in [0, 0.05) is 56.4 Å². The second-order valence-electron chi connectivity index (χ2n) is 9.07. The molecule has 2 amide bonds. The lowest BCUT2D eigenvalue weighted by Gasteiger charge is -2.30. The van der Waals surface area contributed by atoms with Crippen LogP contribution in [0.25, 0.3) is 11.3 Å². The second-order valence-corrected chi connectivity index (χ2v) is 9.87. The van der Waals surface area contributed by atoms with Crippen molar-refractivity contribution in [3.8, 4) is 11.3 Å². The number of fused-ring (bicyclic) bond motifs is 1. The van der Waals surface area contributed by atoms with E-state index in [9.17, 15) is 9.59 Å². The first-order valence-corrected chi connectivity index (χ1v) is 11.5. The van der Waals surface area contributed by atoms with Crippen molar-refractivity contribution in [2.45, 2.75) is 52.2 Å². The maximum atomic E-state index is 13.4. The van der Waals surface area contributed by atoms with Gasteiger partial charge in [-0.15, -0.1) is 0 Å². The molecular weight excluding hydrogens is 462 g/mol. The molecule has 0 atom stereocenters. The molecule has 1 fully saturated rings. The standard InChI is InChI=1S/C23H28BrN3O4/c1-23(2,3)31-22(29)26-11-6-17-18(21(26)28)19(24)20(16-4-9-25-10-5-16)27(17)14-15-7-12-30-13-8-15/h4-5,9-10,15H,6-8,11-14H2,1-3H3. The predicted octanol–water partition coefficient (Wildman–Crippen LogP) is 4.67. The van der Waals surface area contributed by atoms with Crippen LogP contribution in [0.2, 0.25) is 0 Å². The first-order chi connectivity index (χ1) is 14.8. The van der Waals surface area contributed by atoms with E-state index in [1.165, 1.54) is 4.90 Å². The Morgan fingerprint density at radius 2 is 1.94 bits per heavy atom. The first kappa shape index (κ1) is 22.0. The lowest BCUT2D eigenvalue weighted by Crippen LogP contribution is -2.45. The zero-order valence-electron chi connectivity index (χ0n) is 18.2. The van der Waals surface area contributed by atoms with Gasteiger partial charge in [0.05, 0.1) is 15.7 Å². The molecule has 2 aliphatic rings. The molecule has 2 aliphatic heterocycles. The minimum atomic E-state index is -0.661. The summed E-state index contributed by atoms with van der Waals surface area (Å²) < 4.78 is 14.0. The van der Waals surface area contributed by atoms with Crippen molar-refractivity contribution in [3.63, 3.8) is 0 Å². The molecule has 2 aromatic heterocycles. The molecule has 7 nitrogen and oxygen atoms in total. The zero-order valence-corrected chi connectivity index (χ0v) is 19.8. The third-order valence-corrected chi connectivity index (χ3v) is 6.46. The first-order valence-electron chi connectivity index (χ1n) is 10.7. The van der Waals surface area contributed by atoms with Gasteiger partial charge in [0.1, 0.15) is 5.60 Å². The maximum Gasteiger partial charge on any atom is 0.417 e. The third-order valence-electron chi connectivity index (χ3n) is 5.69. The Labute approximate surface area is 190 Å². The number of nitrogens with zero attached hydrogens (tertiary/aromatic N) is 3. The number of pyridine rings is 1. The molecule has 1 saturated heterocycles. The Kier molecular flexibility index (Phi) is 6.21. The molecule has 0 aliphatic carbocycles. The highest BCUT2D eigenvalue weighted by Gasteiger charge is 2.38. The molecule has 0 saturated carbocycles. The van der Waals surface area contributed by atoms with Gasteiger partial charge in [0.15, 0.2) is 0 Å². The molecule has 0 unspecified atom stereocenters. The number of carbonyl (C=O) groups excluding carboxylic acids is 2. The lowest BCUT2D eigenvalue weighted by molar-refractivity contribution is 0.0231. The van der Waals surface area contributed by atoms with Gasteiger partial charge in [-0.2, -0.15) is 0 Å². The number of imide groups is 1. The van der Waals surface area contributed by atoms with E-state index >= 15 is 0 Å². The summed E-state index contributed by atoms with van der Waals surface area (Å²) in [6.07, 6.45) is 5.49. The number of amides is 2. The van der Waals surface area contributed by atoms with E-state index in [4.69, 9.17) is 9.47 Å². The highest BCUT2D eigenvalue weighted by atomic mass is 79.9. The van der Waals surface area contributed by atoms with Gasteiger partial charge in [-0.05, 0) is 67.6 Å². The van der Waals surface area contributed by atoms with Crippen LogP contribution in [0.15, 0.2) is 29.0 Å². The Balaban J connectivity index is 1.75. The summed E-state index contributed by atoms with van der Waals surface area (Å²) in [4.78, 5) is 31.4. The summed E-state index contributed by atoms with van der Waals surface area (Å²) in [5.74, 6) is 0.167. The Morgan fingerprint density at radius 1 is 1.26 bits per heavy atom. The largest absolute Gasteiger partial charge is 0.443 e. The Morgan fingerprint density at radius 3 is 2.58 bits per heavy atom. The Hall–Kier alpha value is -2.19. The fourth-order valence-corrected chi connectivity index (χ4v) is 5.08. The number of aromatic nitrogens is 2. The molecular formula is C23H28BrN3O4. The van der Waals surface area contributed by atoms with Crippen molar-refractivity contribution in [1.29, 1.82) is 0 Å². The Bertz CT molecular complexity index is 975. The monoisotopic (exact) mass is 489 g/mol. The summed E-state index contributed by atoms with van der Waals surface area (Å²) in [7, 11) is 0. The molecule has 0 spiro atoms. The smallest absolute Gasteiger partial charge is 0.417 e. The zero-order chi connectivity index (χ0) is 22.2. The van der Waals surface area contributed by atoms with Crippen molar-refractivity contribution in [2.75, 3.05) is 19.8 Å². The number of halogens is 1. The molecule has 31 heavy (non-hydrogen) atoms. The summed E-state index contributed by atoms with van der Waals surface area (Å²) >= 11 is 3.70. The van der Waals surface area contributed by atoms with E-state index in [2.05, 4.69) is 25.5 Å². The van der Waals surface area contributed by atoms with E-state index < -0.39 is 11.7 Å². The van der Waals surface area contributed by atoms with Gasteiger partial charge in [-0.1, -0.05) is 0 Å². The number of hydrogen-bond acceptors (Lipinski definition) is 5. The maximum absolute atomic E-state index is 13.4. The van der Waals surface area contributed by atoms with Crippen LogP contribution in [-0.4, -0.2) is 51.8 Å². The minimum Gasteiger partial charge on any atom is -0.443 e. The predicted molar refractivity (Wildman–Crippen MR) is 120 cm³/mol. The van der Waals surface area contributed by atoms with Crippen LogP contribution >= 0.6 is 15.9 Å². The van der Waals surface area contributed by atoms with Crippen LogP contribution in [0.1, 0.15) is 49.7 Å². The lowest BCUT2D eigenvalue weighted by atomic mass is 9.99.